The number of carbonyl (C=O) groups excluding carboxylic acids is 2. The van der Waals surface area contributed by atoms with Gasteiger partial charge in [0.2, 0.25) is 11.8 Å². The van der Waals surface area contributed by atoms with Crippen molar-refractivity contribution in [3.05, 3.63) is 58.0 Å². The number of benzene rings is 2. The van der Waals surface area contributed by atoms with Crippen LogP contribution in [0.4, 0.5) is 5.69 Å². The van der Waals surface area contributed by atoms with Gasteiger partial charge in [0.15, 0.2) is 0 Å². The monoisotopic (exact) mass is 479 g/mol. The lowest BCUT2D eigenvalue weighted by Crippen LogP contribution is -2.50. The highest BCUT2D eigenvalue weighted by atomic mass is 79.9. The highest BCUT2D eigenvalue weighted by molar-refractivity contribution is 9.10. The normalized spacial score (nSPS) is 14.5. The highest BCUT2D eigenvalue weighted by Gasteiger charge is 2.22. The molecule has 8 heteroatoms. The van der Waals surface area contributed by atoms with Crippen LogP contribution in [0.5, 0.6) is 5.75 Å². The number of nitrogens with zero attached hydrogens (tertiary/aromatic N) is 2. The van der Waals surface area contributed by atoms with Gasteiger partial charge in [0.05, 0.1) is 30.3 Å². The number of nitrogens with one attached hydrogen (secondary N) is 1. The fraction of sp³-hybridized carbons (Fsp3) is 0.333. The van der Waals surface area contributed by atoms with E-state index in [1.165, 1.54) is 0 Å². The van der Waals surface area contributed by atoms with E-state index in [9.17, 15) is 9.59 Å². The van der Waals surface area contributed by atoms with E-state index in [0.29, 0.717) is 49.9 Å². The second-order valence-electron chi connectivity index (χ2n) is 6.74. The van der Waals surface area contributed by atoms with E-state index in [4.69, 9.17) is 16.3 Å². The second kappa shape index (κ2) is 10.6. The van der Waals surface area contributed by atoms with Gasteiger partial charge in [0.25, 0.3) is 0 Å². The molecule has 1 aliphatic rings. The van der Waals surface area contributed by atoms with Gasteiger partial charge in [-0.15, -0.1) is 0 Å². The Kier molecular flexibility index (Phi) is 7.91. The van der Waals surface area contributed by atoms with Crippen LogP contribution < -0.4 is 10.1 Å². The molecule has 0 saturated carbocycles. The maximum Gasteiger partial charge on any atom is 0.238 e. The fourth-order valence-electron chi connectivity index (χ4n) is 3.08. The van der Waals surface area contributed by atoms with E-state index in [0.717, 1.165) is 10.2 Å². The standard InChI is InChI=1S/C21H23BrClN3O3/c22-16-4-3-5-17(14-16)29-13-8-21(28)26-11-9-25(10-12-26)15-20(27)24-19-7-2-1-6-18(19)23/h1-7,14H,8-13,15H2,(H,24,27). The number of para-hydroxylation sites is 1. The third-order valence-electron chi connectivity index (χ3n) is 4.62. The van der Waals surface area contributed by atoms with Crippen molar-refractivity contribution < 1.29 is 14.3 Å². The molecule has 3 rings (SSSR count). The third kappa shape index (κ3) is 6.73. The zero-order valence-corrected chi connectivity index (χ0v) is 18.3. The smallest absolute Gasteiger partial charge is 0.238 e. The van der Waals surface area contributed by atoms with Crippen molar-refractivity contribution in [3.8, 4) is 5.75 Å². The van der Waals surface area contributed by atoms with Gasteiger partial charge in [-0.1, -0.05) is 45.7 Å². The molecular formula is C21H23BrClN3O3. The minimum atomic E-state index is -0.111. The van der Waals surface area contributed by atoms with Crippen LogP contribution in [0.25, 0.3) is 0 Å². The summed E-state index contributed by atoms with van der Waals surface area (Å²) in [4.78, 5) is 28.5. The van der Waals surface area contributed by atoms with Crippen LogP contribution in [0.2, 0.25) is 5.02 Å². The minimum Gasteiger partial charge on any atom is -0.493 e. The zero-order chi connectivity index (χ0) is 20.6. The Morgan fingerprint density at radius 3 is 2.55 bits per heavy atom. The van der Waals surface area contributed by atoms with Crippen molar-refractivity contribution in [2.45, 2.75) is 6.42 Å². The predicted octanol–water partition coefficient (Wildman–Crippen LogP) is 3.65. The Labute approximate surface area is 183 Å². The van der Waals surface area contributed by atoms with Crippen molar-refractivity contribution in [3.63, 3.8) is 0 Å². The molecule has 2 aromatic carbocycles. The summed E-state index contributed by atoms with van der Waals surface area (Å²) in [6.45, 7) is 3.15. The molecule has 154 valence electrons. The summed E-state index contributed by atoms with van der Waals surface area (Å²) in [6, 6.07) is 14.7. The summed E-state index contributed by atoms with van der Waals surface area (Å²) in [5, 5.41) is 3.34. The maximum atomic E-state index is 12.4. The van der Waals surface area contributed by atoms with Crippen molar-refractivity contribution in [2.75, 3.05) is 44.6 Å². The number of hydrogen-bond acceptors (Lipinski definition) is 4. The van der Waals surface area contributed by atoms with E-state index < -0.39 is 0 Å². The fourth-order valence-corrected chi connectivity index (χ4v) is 3.64. The number of halogens is 2. The van der Waals surface area contributed by atoms with Gasteiger partial charge in [-0.05, 0) is 30.3 Å². The average Bonchev–Trinajstić information content (AvgIpc) is 2.70. The number of hydrogen-bond donors (Lipinski definition) is 1. The third-order valence-corrected chi connectivity index (χ3v) is 5.44. The molecule has 0 radical (unpaired) electrons. The highest BCUT2D eigenvalue weighted by Crippen LogP contribution is 2.20. The van der Waals surface area contributed by atoms with Gasteiger partial charge >= 0.3 is 0 Å². The average molecular weight is 481 g/mol. The number of carbonyl (C=O) groups is 2. The summed E-state index contributed by atoms with van der Waals surface area (Å²) in [5.41, 5.74) is 0.610. The van der Waals surface area contributed by atoms with Crippen LogP contribution >= 0.6 is 27.5 Å². The second-order valence-corrected chi connectivity index (χ2v) is 8.06. The number of amides is 2. The molecule has 0 bridgehead atoms. The van der Waals surface area contributed by atoms with E-state index in [2.05, 4.69) is 21.2 Å². The summed E-state index contributed by atoms with van der Waals surface area (Å²) in [7, 11) is 0. The molecule has 0 spiro atoms. The summed E-state index contributed by atoms with van der Waals surface area (Å²) >= 11 is 9.46. The first-order chi connectivity index (χ1) is 14.0. The molecule has 1 fully saturated rings. The van der Waals surface area contributed by atoms with Crippen molar-refractivity contribution in [2.24, 2.45) is 0 Å². The lowest BCUT2D eigenvalue weighted by molar-refractivity contribution is -0.133. The molecule has 1 heterocycles. The van der Waals surface area contributed by atoms with E-state index in [1.54, 1.807) is 12.1 Å². The molecule has 1 saturated heterocycles. The zero-order valence-electron chi connectivity index (χ0n) is 15.9. The molecule has 29 heavy (non-hydrogen) atoms. The van der Waals surface area contributed by atoms with Crippen molar-refractivity contribution in [1.29, 1.82) is 0 Å². The van der Waals surface area contributed by atoms with Gasteiger partial charge in [-0.3, -0.25) is 14.5 Å². The molecule has 0 aromatic heterocycles. The topological polar surface area (TPSA) is 61.9 Å². The number of piperazine rings is 1. The van der Waals surface area contributed by atoms with Gasteiger partial charge in [-0.25, -0.2) is 0 Å². The van der Waals surface area contributed by atoms with Crippen LogP contribution in [-0.4, -0.2) is 60.9 Å². The van der Waals surface area contributed by atoms with Gasteiger partial charge in [0, 0.05) is 30.7 Å². The molecule has 1 aliphatic heterocycles. The van der Waals surface area contributed by atoms with Crippen LogP contribution in [-0.2, 0) is 9.59 Å². The van der Waals surface area contributed by atoms with Crippen LogP contribution in [0.3, 0.4) is 0 Å². The Morgan fingerprint density at radius 1 is 1.07 bits per heavy atom. The summed E-state index contributed by atoms with van der Waals surface area (Å²) < 4.78 is 6.58. The first-order valence-corrected chi connectivity index (χ1v) is 10.6. The quantitative estimate of drug-likeness (QED) is 0.657. The Hall–Kier alpha value is -2.09. The first-order valence-electron chi connectivity index (χ1n) is 9.44. The summed E-state index contributed by atoms with van der Waals surface area (Å²) in [6.07, 6.45) is 0.333. The van der Waals surface area contributed by atoms with Gasteiger partial charge in [0.1, 0.15) is 5.75 Å². The lowest BCUT2D eigenvalue weighted by Gasteiger charge is -2.34. The molecule has 2 amide bonds. The minimum absolute atomic E-state index is 0.0696. The molecule has 0 aliphatic carbocycles. The molecule has 1 N–H and O–H groups in total. The number of rotatable bonds is 7. The van der Waals surface area contributed by atoms with Crippen molar-refractivity contribution in [1.82, 2.24) is 9.80 Å². The molecule has 6 nitrogen and oxygen atoms in total. The van der Waals surface area contributed by atoms with Crippen LogP contribution in [0.1, 0.15) is 6.42 Å². The van der Waals surface area contributed by atoms with E-state index >= 15 is 0 Å². The van der Waals surface area contributed by atoms with Gasteiger partial charge in [-0.2, -0.15) is 0 Å². The lowest BCUT2D eigenvalue weighted by atomic mass is 10.2. The largest absolute Gasteiger partial charge is 0.493 e. The number of ether oxygens (including phenoxy) is 1. The van der Waals surface area contributed by atoms with Crippen molar-refractivity contribution >= 4 is 45.0 Å². The summed E-state index contributed by atoms with van der Waals surface area (Å²) in [5.74, 6) is 0.696. The Balaban J connectivity index is 1.36. The van der Waals surface area contributed by atoms with Gasteiger partial charge < -0.3 is 15.0 Å². The maximum absolute atomic E-state index is 12.4. The molecule has 0 atom stereocenters. The van der Waals surface area contributed by atoms with Crippen LogP contribution in [0, 0.1) is 0 Å². The Morgan fingerprint density at radius 2 is 1.83 bits per heavy atom. The first kappa shape index (κ1) is 21.6. The van der Waals surface area contributed by atoms with E-state index in [1.807, 2.05) is 46.2 Å². The van der Waals surface area contributed by atoms with E-state index in [-0.39, 0.29) is 18.4 Å². The molecule has 0 unspecified atom stereocenters. The molecular weight excluding hydrogens is 458 g/mol. The molecule has 2 aromatic rings. The van der Waals surface area contributed by atoms with Crippen LogP contribution in [0.15, 0.2) is 53.0 Å². The SMILES string of the molecule is O=C(CN1CCN(C(=O)CCOc2cccc(Br)c2)CC1)Nc1ccccc1Cl. The predicted molar refractivity (Wildman–Crippen MR) is 117 cm³/mol. The Bertz CT molecular complexity index is 857. The number of anilines is 1.